The van der Waals surface area contributed by atoms with E-state index < -0.39 is 60.2 Å². The number of carbonyl (C=O) groups is 3. The average Bonchev–Trinajstić information content (AvgIpc) is 2.65. The van der Waals surface area contributed by atoms with Gasteiger partial charge in [-0.2, -0.15) is 0 Å². The first-order valence-electron chi connectivity index (χ1n) is 8.77. The molecule has 1 heterocycles. The molecule has 0 spiro atoms. The van der Waals surface area contributed by atoms with Gasteiger partial charge in [-0.05, 0) is 12.1 Å². The second-order valence-electron chi connectivity index (χ2n) is 6.31. The van der Waals surface area contributed by atoms with Gasteiger partial charge >= 0.3 is 17.9 Å². The lowest BCUT2D eigenvalue weighted by Gasteiger charge is -2.41. The van der Waals surface area contributed by atoms with Gasteiger partial charge in [0.1, 0.15) is 18.5 Å². The number of alkyl halides is 1. The summed E-state index contributed by atoms with van der Waals surface area (Å²) < 4.78 is 40.9. The molecule has 1 aliphatic rings. The minimum Gasteiger partial charge on any atom is -0.463 e. The van der Waals surface area contributed by atoms with E-state index in [1.165, 1.54) is 12.1 Å². The quantitative estimate of drug-likeness (QED) is 0.271. The maximum Gasteiger partial charge on any atom is 0.303 e. The lowest BCUT2D eigenvalue weighted by molar-refractivity contribution is -0.384. The van der Waals surface area contributed by atoms with E-state index in [1.54, 1.807) is 0 Å². The summed E-state index contributed by atoms with van der Waals surface area (Å²) in [6.07, 6.45) is -7.97. The van der Waals surface area contributed by atoms with Gasteiger partial charge < -0.3 is 23.7 Å². The molecule has 12 heteroatoms. The Bertz CT molecular complexity index is 799. The molecule has 0 radical (unpaired) electrons. The minimum atomic E-state index is -2.10. The van der Waals surface area contributed by atoms with Crippen molar-refractivity contribution in [2.75, 3.05) is 6.61 Å². The molecule has 0 N–H and O–H groups in total. The van der Waals surface area contributed by atoms with E-state index in [-0.39, 0.29) is 11.4 Å². The molecule has 0 aromatic heterocycles. The summed E-state index contributed by atoms with van der Waals surface area (Å²) in [6.45, 7) is 2.81. The maximum atomic E-state index is 15.1. The van der Waals surface area contributed by atoms with Crippen molar-refractivity contribution >= 4 is 23.6 Å². The van der Waals surface area contributed by atoms with Crippen molar-refractivity contribution in [2.24, 2.45) is 0 Å². The molecular weight excluding hydrogens is 409 g/mol. The summed E-state index contributed by atoms with van der Waals surface area (Å²) in [6, 6.07) is 4.75. The SMILES string of the molecule is CC(=O)OC[C@H]1O[C@H](Oc2ccc([N+](=O)[O-])cc2)[C@@H](F)[C@@H](OC(C)=O)[C@@H]1OC(C)=O. The van der Waals surface area contributed by atoms with Crippen LogP contribution in [-0.4, -0.2) is 60.2 Å². The van der Waals surface area contributed by atoms with Crippen LogP contribution in [0.1, 0.15) is 20.8 Å². The molecule has 11 nitrogen and oxygen atoms in total. The molecule has 164 valence electrons. The van der Waals surface area contributed by atoms with Gasteiger partial charge in [0.25, 0.3) is 5.69 Å². The zero-order chi connectivity index (χ0) is 22.4. The second kappa shape index (κ2) is 9.96. The first-order valence-corrected chi connectivity index (χ1v) is 8.77. The predicted octanol–water partition coefficient (Wildman–Crippen LogP) is 1.46. The molecule has 1 aromatic carbocycles. The van der Waals surface area contributed by atoms with E-state index >= 15 is 4.39 Å². The molecule has 1 saturated heterocycles. The number of hydrogen-bond donors (Lipinski definition) is 0. The number of rotatable bonds is 7. The molecule has 5 atom stereocenters. The van der Waals surface area contributed by atoms with Gasteiger partial charge in [-0.15, -0.1) is 0 Å². The Morgan fingerprint density at radius 3 is 2.10 bits per heavy atom. The van der Waals surface area contributed by atoms with Crippen LogP contribution in [0.5, 0.6) is 5.75 Å². The van der Waals surface area contributed by atoms with Crippen LogP contribution in [0, 0.1) is 10.1 Å². The lowest BCUT2D eigenvalue weighted by atomic mass is 9.99. The minimum absolute atomic E-state index is 0.0343. The Morgan fingerprint density at radius 1 is 1.03 bits per heavy atom. The van der Waals surface area contributed by atoms with Gasteiger partial charge in [0.05, 0.1) is 4.92 Å². The summed E-state index contributed by atoms with van der Waals surface area (Å²) in [4.78, 5) is 44.2. The standard InChI is InChI=1S/C18H20FNO10/c1-9(21)26-8-14-16(27-10(2)22)17(28-11(3)23)15(19)18(30-14)29-13-6-4-12(5-7-13)20(24)25/h4-7,14-18H,8H2,1-3H3/t14-,15+,16-,17-,18+/m1/s1. The van der Waals surface area contributed by atoms with Crippen molar-refractivity contribution in [1.29, 1.82) is 0 Å². The van der Waals surface area contributed by atoms with Gasteiger partial charge in [-0.25, -0.2) is 4.39 Å². The van der Waals surface area contributed by atoms with Crippen molar-refractivity contribution in [3.05, 3.63) is 34.4 Å². The topological polar surface area (TPSA) is 141 Å². The Hall–Kier alpha value is -3.28. The van der Waals surface area contributed by atoms with Crippen LogP contribution in [-0.2, 0) is 33.3 Å². The van der Waals surface area contributed by atoms with E-state index in [2.05, 4.69) is 0 Å². The van der Waals surface area contributed by atoms with Crippen LogP contribution in [0.25, 0.3) is 0 Å². The third-order valence-corrected chi connectivity index (χ3v) is 3.93. The van der Waals surface area contributed by atoms with Crippen molar-refractivity contribution < 1.29 is 47.4 Å². The zero-order valence-electron chi connectivity index (χ0n) is 16.3. The summed E-state index contributed by atoms with van der Waals surface area (Å²) in [7, 11) is 0. The molecule has 1 aliphatic heterocycles. The highest BCUT2D eigenvalue weighted by atomic mass is 19.1. The lowest BCUT2D eigenvalue weighted by Crippen LogP contribution is -2.61. The monoisotopic (exact) mass is 429 g/mol. The van der Waals surface area contributed by atoms with Crippen molar-refractivity contribution in [3.8, 4) is 5.75 Å². The third kappa shape index (κ3) is 6.11. The van der Waals surface area contributed by atoms with E-state index in [4.69, 9.17) is 23.7 Å². The largest absolute Gasteiger partial charge is 0.463 e. The number of benzene rings is 1. The Morgan fingerprint density at radius 2 is 1.60 bits per heavy atom. The molecule has 0 aliphatic carbocycles. The fraction of sp³-hybridized carbons (Fsp3) is 0.500. The number of nitrogens with zero attached hydrogens (tertiary/aromatic N) is 1. The number of nitro groups is 1. The van der Waals surface area contributed by atoms with Crippen LogP contribution < -0.4 is 4.74 Å². The van der Waals surface area contributed by atoms with Crippen LogP contribution in [0.2, 0.25) is 0 Å². The highest BCUT2D eigenvalue weighted by molar-refractivity contribution is 5.67. The number of non-ortho nitro benzene ring substituents is 1. The summed E-state index contributed by atoms with van der Waals surface area (Å²) in [5.74, 6) is -2.27. The van der Waals surface area contributed by atoms with Gasteiger partial charge in [-0.3, -0.25) is 24.5 Å². The Labute approximate surface area is 170 Å². The predicted molar refractivity (Wildman–Crippen MR) is 95.0 cm³/mol. The van der Waals surface area contributed by atoms with Crippen LogP contribution in [0.15, 0.2) is 24.3 Å². The molecule has 0 amide bonds. The van der Waals surface area contributed by atoms with Crippen molar-refractivity contribution in [2.45, 2.75) is 51.5 Å². The van der Waals surface area contributed by atoms with Crippen LogP contribution in [0.4, 0.5) is 10.1 Å². The molecule has 1 aromatic rings. The van der Waals surface area contributed by atoms with E-state index in [1.807, 2.05) is 0 Å². The third-order valence-electron chi connectivity index (χ3n) is 3.93. The molecule has 1 fully saturated rings. The van der Waals surface area contributed by atoms with E-state index in [9.17, 15) is 24.5 Å². The molecular formula is C18H20FNO10. The van der Waals surface area contributed by atoms with E-state index in [0.717, 1.165) is 32.9 Å². The molecule has 0 bridgehead atoms. The smallest absolute Gasteiger partial charge is 0.303 e. The van der Waals surface area contributed by atoms with Crippen molar-refractivity contribution in [3.63, 3.8) is 0 Å². The number of carbonyl (C=O) groups excluding carboxylic acids is 3. The number of esters is 3. The summed E-state index contributed by atoms with van der Waals surface area (Å²) >= 11 is 0. The van der Waals surface area contributed by atoms with Gasteiger partial charge in [0, 0.05) is 32.9 Å². The first-order chi connectivity index (χ1) is 14.1. The Balaban J connectivity index is 2.28. The van der Waals surface area contributed by atoms with Gasteiger partial charge in [0.15, 0.2) is 12.2 Å². The molecule has 0 saturated carbocycles. The van der Waals surface area contributed by atoms with Gasteiger partial charge in [-0.1, -0.05) is 0 Å². The second-order valence-corrected chi connectivity index (χ2v) is 6.31. The molecule has 2 rings (SSSR count). The number of nitro benzene ring substituents is 1. The Kier molecular flexibility index (Phi) is 7.64. The number of halogens is 1. The normalized spacial score (nSPS) is 25.7. The van der Waals surface area contributed by atoms with Crippen LogP contribution in [0.3, 0.4) is 0 Å². The molecule has 0 unspecified atom stereocenters. The highest BCUT2D eigenvalue weighted by Crippen LogP contribution is 2.31. The van der Waals surface area contributed by atoms with Crippen molar-refractivity contribution in [1.82, 2.24) is 0 Å². The maximum absolute atomic E-state index is 15.1. The summed E-state index contributed by atoms with van der Waals surface area (Å²) in [5, 5.41) is 10.7. The van der Waals surface area contributed by atoms with Crippen LogP contribution >= 0.6 is 0 Å². The number of ether oxygens (including phenoxy) is 5. The van der Waals surface area contributed by atoms with E-state index in [0.29, 0.717) is 0 Å². The fourth-order valence-corrected chi connectivity index (χ4v) is 2.74. The first kappa shape index (κ1) is 23.0. The fourth-order valence-electron chi connectivity index (χ4n) is 2.74. The average molecular weight is 429 g/mol. The highest BCUT2D eigenvalue weighted by Gasteiger charge is 2.52. The number of hydrogen-bond acceptors (Lipinski definition) is 10. The van der Waals surface area contributed by atoms with Gasteiger partial charge in [0.2, 0.25) is 12.5 Å². The molecule has 30 heavy (non-hydrogen) atoms. The zero-order valence-corrected chi connectivity index (χ0v) is 16.3. The summed E-state index contributed by atoms with van der Waals surface area (Å²) in [5.41, 5.74) is -0.204.